The molecule has 6 heteroatoms. The third kappa shape index (κ3) is 4.04. The zero-order valence-electron chi connectivity index (χ0n) is 12.4. The zero-order valence-corrected chi connectivity index (χ0v) is 14.7. The van der Waals surface area contributed by atoms with E-state index in [1.807, 2.05) is 30.3 Å². The van der Waals surface area contributed by atoms with Gasteiger partial charge in [0.15, 0.2) is 6.61 Å². The molecule has 0 radical (unpaired) electrons. The minimum absolute atomic E-state index is 0.0273. The van der Waals surface area contributed by atoms with Gasteiger partial charge in [-0.2, -0.15) is 0 Å². The molecule has 0 fully saturated rings. The average Bonchev–Trinajstić information content (AvgIpc) is 2.56. The molecular formula is C18H12BrClFNO2. The van der Waals surface area contributed by atoms with Gasteiger partial charge in [-0.1, -0.05) is 39.7 Å². The molecule has 0 atom stereocenters. The maximum atomic E-state index is 13.6. The Morgan fingerprint density at radius 1 is 1.08 bits per heavy atom. The first-order chi connectivity index (χ1) is 11.5. The highest BCUT2D eigenvalue weighted by Gasteiger charge is 2.09. The lowest BCUT2D eigenvalue weighted by Gasteiger charge is -2.09. The van der Waals surface area contributed by atoms with Crippen LogP contribution < -0.4 is 10.1 Å². The second kappa shape index (κ2) is 7.20. The van der Waals surface area contributed by atoms with Crippen LogP contribution in [0.3, 0.4) is 0 Å². The SMILES string of the molecule is O=C(COc1ccc2cc(Br)ccc2c1)Nc1cc(Cl)ccc1F. The van der Waals surface area contributed by atoms with Gasteiger partial charge in [0.2, 0.25) is 0 Å². The Morgan fingerprint density at radius 2 is 1.83 bits per heavy atom. The van der Waals surface area contributed by atoms with Crippen molar-refractivity contribution in [2.45, 2.75) is 0 Å². The summed E-state index contributed by atoms with van der Waals surface area (Å²) in [5.41, 5.74) is 0.0273. The van der Waals surface area contributed by atoms with E-state index < -0.39 is 11.7 Å². The quantitative estimate of drug-likeness (QED) is 0.626. The predicted octanol–water partition coefficient (Wildman–Crippen LogP) is 5.41. The Bertz CT molecular complexity index is 917. The standard InChI is InChI=1S/C18H12BrClFNO2/c19-13-3-1-12-8-15(5-2-11(12)7-13)24-10-18(23)22-17-9-14(20)4-6-16(17)21/h1-9H,10H2,(H,22,23). The number of carbonyl (C=O) groups is 1. The van der Waals surface area contributed by atoms with Crippen LogP contribution in [0.2, 0.25) is 5.02 Å². The van der Waals surface area contributed by atoms with Gasteiger partial charge in [-0.25, -0.2) is 4.39 Å². The van der Waals surface area contributed by atoms with Gasteiger partial charge in [-0.15, -0.1) is 0 Å². The lowest BCUT2D eigenvalue weighted by atomic mass is 10.1. The highest BCUT2D eigenvalue weighted by Crippen LogP contribution is 2.24. The van der Waals surface area contributed by atoms with Crippen LogP contribution in [0.1, 0.15) is 0 Å². The summed E-state index contributed by atoms with van der Waals surface area (Å²) >= 11 is 9.21. The molecular weight excluding hydrogens is 397 g/mol. The van der Waals surface area contributed by atoms with Gasteiger partial charge in [0.25, 0.3) is 5.91 Å². The van der Waals surface area contributed by atoms with Gasteiger partial charge >= 0.3 is 0 Å². The largest absolute Gasteiger partial charge is 0.484 e. The van der Waals surface area contributed by atoms with Gasteiger partial charge in [-0.05, 0) is 53.2 Å². The molecule has 0 aromatic heterocycles. The first-order valence-electron chi connectivity index (χ1n) is 7.08. The Labute approximate surface area is 151 Å². The molecule has 0 aliphatic carbocycles. The zero-order chi connectivity index (χ0) is 17.1. The molecule has 3 aromatic rings. The molecule has 0 saturated carbocycles. The Hall–Kier alpha value is -2.11. The summed E-state index contributed by atoms with van der Waals surface area (Å²) in [6.07, 6.45) is 0. The molecule has 1 amide bonds. The van der Waals surface area contributed by atoms with Crippen molar-refractivity contribution in [1.29, 1.82) is 0 Å². The van der Waals surface area contributed by atoms with Gasteiger partial charge in [-0.3, -0.25) is 4.79 Å². The van der Waals surface area contributed by atoms with E-state index in [4.69, 9.17) is 16.3 Å². The van der Waals surface area contributed by atoms with Gasteiger partial charge in [0.1, 0.15) is 11.6 Å². The van der Waals surface area contributed by atoms with Crippen LogP contribution in [0.15, 0.2) is 59.1 Å². The molecule has 0 bridgehead atoms. The smallest absolute Gasteiger partial charge is 0.262 e. The molecule has 0 heterocycles. The van der Waals surface area contributed by atoms with Crippen molar-refractivity contribution in [2.75, 3.05) is 11.9 Å². The Kier molecular flexibility index (Phi) is 5.02. The van der Waals surface area contributed by atoms with E-state index in [-0.39, 0.29) is 12.3 Å². The number of benzene rings is 3. The van der Waals surface area contributed by atoms with Crippen LogP contribution in [-0.2, 0) is 4.79 Å². The molecule has 3 rings (SSSR count). The number of anilines is 1. The summed E-state index contributed by atoms with van der Waals surface area (Å²) in [6, 6.07) is 15.4. The second-order valence-electron chi connectivity index (χ2n) is 5.11. The number of amides is 1. The molecule has 3 aromatic carbocycles. The first-order valence-corrected chi connectivity index (χ1v) is 8.25. The lowest BCUT2D eigenvalue weighted by molar-refractivity contribution is -0.118. The van der Waals surface area contributed by atoms with E-state index in [9.17, 15) is 9.18 Å². The summed E-state index contributed by atoms with van der Waals surface area (Å²) in [5.74, 6) is -0.456. The molecule has 0 aliphatic heterocycles. The Morgan fingerprint density at radius 3 is 2.67 bits per heavy atom. The van der Waals surface area contributed by atoms with E-state index in [0.29, 0.717) is 10.8 Å². The number of hydrogen-bond donors (Lipinski definition) is 1. The van der Waals surface area contributed by atoms with Gasteiger partial charge < -0.3 is 10.1 Å². The topological polar surface area (TPSA) is 38.3 Å². The van der Waals surface area contributed by atoms with Crippen LogP contribution >= 0.6 is 27.5 Å². The average molecular weight is 409 g/mol. The maximum absolute atomic E-state index is 13.6. The molecule has 3 nitrogen and oxygen atoms in total. The lowest BCUT2D eigenvalue weighted by Crippen LogP contribution is -2.20. The fourth-order valence-corrected chi connectivity index (χ4v) is 2.76. The van der Waals surface area contributed by atoms with E-state index in [2.05, 4.69) is 21.2 Å². The van der Waals surface area contributed by atoms with Crippen molar-refractivity contribution in [2.24, 2.45) is 0 Å². The third-order valence-electron chi connectivity index (χ3n) is 3.35. The molecule has 0 saturated heterocycles. The highest BCUT2D eigenvalue weighted by atomic mass is 79.9. The number of fused-ring (bicyclic) bond motifs is 1. The van der Waals surface area contributed by atoms with E-state index >= 15 is 0 Å². The summed E-state index contributed by atoms with van der Waals surface area (Å²) in [7, 11) is 0. The van der Waals surface area contributed by atoms with Crippen molar-refractivity contribution in [3.63, 3.8) is 0 Å². The second-order valence-corrected chi connectivity index (χ2v) is 6.47. The summed E-state index contributed by atoms with van der Waals surface area (Å²) in [6.45, 7) is -0.228. The van der Waals surface area contributed by atoms with E-state index in [1.165, 1.54) is 18.2 Å². The van der Waals surface area contributed by atoms with Crippen molar-refractivity contribution in [3.05, 3.63) is 69.9 Å². The van der Waals surface area contributed by atoms with Crippen molar-refractivity contribution in [1.82, 2.24) is 0 Å². The molecule has 122 valence electrons. The van der Waals surface area contributed by atoms with Crippen LogP contribution in [0.25, 0.3) is 10.8 Å². The fraction of sp³-hybridized carbons (Fsp3) is 0.0556. The fourth-order valence-electron chi connectivity index (χ4n) is 2.21. The van der Waals surface area contributed by atoms with Crippen molar-refractivity contribution in [3.8, 4) is 5.75 Å². The van der Waals surface area contributed by atoms with E-state index in [1.54, 1.807) is 6.07 Å². The first kappa shape index (κ1) is 16.7. The van der Waals surface area contributed by atoms with Gasteiger partial charge in [0.05, 0.1) is 5.69 Å². The number of rotatable bonds is 4. The number of halogens is 3. The molecule has 1 N–H and O–H groups in total. The normalized spacial score (nSPS) is 10.6. The number of nitrogens with one attached hydrogen (secondary N) is 1. The molecule has 0 spiro atoms. The van der Waals surface area contributed by atoms with E-state index in [0.717, 1.165) is 15.2 Å². The van der Waals surface area contributed by atoms with Crippen LogP contribution in [0.5, 0.6) is 5.75 Å². The summed E-state index contributed by atoms with van der Waals surface area (Å²) in [4.78, 5) is 11.9. The highest BCUT2D eigenvalue weighted by molar-refractivity contribution is 9.10. The minimum atomic E-state index is -0.552. The summed E-state index contributed by atoms with van der Waals surface area (Å²) < 4.78 is 20.0. The van der Waals surface area contributed by atoms with Gasteiger partial charge in [0, 0.05) is 9.50 Å². The third-order valence-corrected chi connectivity index (χ3v) is 4.07. The van der Waals surface area contributed by atoms with Crippen molar-refractivity contribution >= 4 is 49.9 Å². The minimum Gasteiger partial charge on any atom is -0.484 e. The Balaban J connectivity index is 1.65. The molecule has 24 heavy (non-hydrogen) atoms. The molecule has 0 aliphatic rings. The monoisotopic (exact) mass is 407 g/mol. The summed E-state index contributed by atoms with van der Waals surface area (Å²) in [5, 5.41) is 4.83. The number of ether oxygens (including phenoxy) is 1. The van der Waals surface area contributed by atoms with Crippen LogP contribution in [0.4, 0.5) is 10.1 Å². The van der Waals surface area contributed by atoms with Crippen LogP contribution in [0, 0.1) is 5.82 Å². The van der Waals surface area contributed by atoms with Crippen LogP contribution in [-0.4, -0.2) is 12.5 Å². The predicted molar refractivity (Wildman–Crippen MR) is 97.2 cm³/mol. The number of hydrogen-bond acceptors (Lipinski definition) is 2. The molecule has 0 unspecified atom stereocenters. The van der Waals surface area contributed by atoms with Crippen molar-refractivity contribution < 1.29 is 13.9 Å². The number of carbonyl (C=O) groups excluding carboxylic acids is 1. The maximum Gasteiger partial charge on any atom is 0.262 e.